The number of carbonyl (C=O) groups is 2. The van der Waals surface area contributed by atoms with Crippen LogP contribution in [0.15, 0.2) is 78.9 Å². The van der Waals surface area contributed by atoms with Gasteiger partial charge in [0, 0.05) is 0 Å². The molecule has 0 heterocycles. The van der Waals surface area contributed by atoms with Crippen molar-refractivity contribution in [2.75, 3.05) is 6.61 Å². The quantitative estimate of drug-likeness (QED) is 0.0776. The second kappa shape index (κ2) is 20.3. The summed E-state index contributed by atoms with van der Waals surface area (Å²) in [6, 6.07) is 25.1. The Balaban J connectivity index is 0.000000302. The molecular weight excluding hydrogens is 729 g/mol. The SMILES string of the molecule is CCC(C)(C)C(=O)OCC(=O)Oc1ccc(C(C)(C)O)cc1.CCC(C)c1cc(C(C)(C)O)cc(C(C)(C)O)c1.CCC(C)c1ccc(C(C)(C)O)c2ccccc12. The van der Waals surface area contributed by atoms with Crippen molar-refractivity contribution in [3.05, 3.63) is 112 Å². The van der Waals surface area contributed by atoms with E-state index in [9.17, 15) is 30.0 Å². The van der Waals surface area contributed by atoms with E-state index in [4.69, 9.17) is 9.47 Å². The van der Waals surface area contributed by atoms with Gasteiger partial charge in [-0.2, -0.15) is 0 Å². The van der Waals surface area contributed by atoms with Crippen molar-refractivity contribution in [1.29, 1.82) is 0 Å². The third-order valence-electron chi connectivity index (χ3n) is 10.9. The largest absolute Gasteiger partial charge is 0.453 e. The van der Waals surface area contributed by atoms with Crippen LogP contribution in [0.25, 0.3) is 10.8 Å². The molecule has 0 aromatic heterocycles. The van der Waals surface area contributed by atoms with Crippen molar-refractivity contribution in [2.45, 2.75) is 157 Å². The van der Waals surface area contributed by atoms with E-state index >= 15 is 0 Å². The highest BCUT2D eigenvalue weighted by Crippen LogP contribution is 2.35. The van der Waals surface area contributed by atoms with E-state index in [1.807, 2.05) is 45.0 Å². The minimum atomic E-state index is -0.955. The van der Waals surface area contributed by atoms with Crippen molar-refractivity contribution in [2.24, 2.45) is 5.41 Å². The van der Waals surface area contributed by atoms with Crippen molar-refractivity contribution >= 4 is 22.7 Å². The summed E-state index contributed by atoms with van der Waals surface area (Å²) in [4.78, 5) is 23.4. The second-order valence-electron chi connectivity index (χ2n) is 18.3. The fourth-order valence-corrected chi connectivity index (χ4v) is 5.94. The Morgan fingerprint density at radius 3 is 1.50 bits per heavy atom. The van der Waals surface area contributed by atoms with Gasteiger partial charge < -0.3 is 29.9 Å². The molecule has 0 aliphatic heterocycles. The highest BCUT2D eigenvalue weighted by Gasteiger charge is 2.28. The number of fused-ring (bicyclic) bond motifs is 1. The molecule has 0 radical (unpaired) electrons. The number of esters is 2. The van der Waals surface area contributed by atoms with Crippen LogP contribution in [0.1, 0.15) is 168 Å². The van der Waals surface area contributed by atoms with Gasteiger partial charge in [0.15, 0.2) is 6.61 Å². The van der Waals surface area contributed by atoms with E-state index in [0.717, 1.165) is 29.5 Å². The lowest BCUT2D eigenvalue weighted by atomic mass is 9.85. The Morgan fingerprint density at radius 1 is 0.586 bits per heavy atom. The van der Waals surface area contributed by atoms with Crippen LogP contribution < -0.4 is 4.74 Å². The third kappa shape index (κ3) is 14.6. The van der Waals surface area contributed by atoms with Crippen LogP contribution in [0.4, 0.5) is 0 Å². The molecule has 0 spiro atoms. The number of hydrogen-bond acceptors (Lipinski definition) is 8. The first-order chi connectivity index (χ1) is 26.6. The Kier molecular flexibility index (Phi) is 17.5. The molecule has 4 aromatic carbocycles. The van der Waals surface area contributed by atoms with Gasteiger partial charge in [0.1, 0.15) is 5.75 Å². The van der Waals surface area contributed by atoms with Gasteiger partial charge in [0.25, 0.3) is 0 Å². The Hall–Kier alpha value is -4.08. The minimum Gasteiger partial charge on any atom is -0.453 e. The molecule has 0 aliphatic rings. The van der Waals surface area contributed by atoms with Crippen LogP contribution in [0.3, 0.4) is 0 Å². The molecule has 0 aliphatic carbocycles. The Morgan fingerprint density at radius 2 is 1.07 bits per heavy atom. The summed E-state index contributed by atoms with van der Waals surface area (Å²) in [5.41, 5.74) is 1.85. The Labute approximate surface area is 348 Å². The van der Waals surface area contributed by atoms with Crippen molar-refractivity contribution < 1.29 is 39.5 Å². The molecular formula is C50H72O8. The zero-order chi connectivity index (χ0) is 44.4. The molecule has 8 heteroatoms. The molecule has 2 atom stereocenters. The van der Waals surface area contributed by atoms with Crippen LogP contribution in [-0.4, -0.2) is 39.0 Å². The summed E-state index contributed by atoms with van der Waals surface area (Å²) in [5, 5.41) is 42.9. The molecule has 0 saturated heterocycles. The van der Waals surface area contributed by atoms with E-state index in [2.05, 4.69) is 58.0 Å². The highest BCUT2D eigenvalue weighted by atomic mass is 16.6. The van der Waals surface area contributed by atoms with Gasteiger partial charge in [0.2, 0.25) is 0 Å². The lowest BCUT2D eigenvalue weighted by Crippen LogP contribution is -2.29. The van der Waals surface area contributed by atoms with Gasteiger partial charge in [-0.15, -0.1) is 0 Å². The fraction of sp³-hybridized carbons (Fsp3) is 0.520. The lowest BCUT2D eigenvalue weighted by Gasteiger charge is -2.26. The molecule has 58 heavy (non-hydrogen) atoms. The number of ether oxygens (including phenoxy) is 2. The average molecular weight is 801 g/mol. The summed E-state index contributed by atoms with van der Waals surface area (Å²) >= 11 is 0. The van der Waals surface area contributed by atoms with Crippen LogP contribution in [0.2, 0.25) is 0 Å². The molecule has 4 rings (SSSR count). The van der Waals surface area contributed by atoms with Crippen LogP contribution in [0, 0.1) is 5.41 Å². The topological polar surface area (TPSA) is 134 Å². The maximum Gasteiger partial charge on any atom is 0.349 e. The maximum absolute atomic E-state index is 11.7. The summed E-state index contributed by atoms with van der Waals surface area (Å²) in [5.74, 6) is 0.239. The minimum absolute atomic E-state index is 0.337. The van der Waals surface area contributed by atoms with E-state index in [-0.39, 0.29) is 0 Å². The molecule has 4 aromatic rings. The molecule has 2 unspecified atom stereocenters. The standard InChI is InChI=1S/C17H24O5.C17H22O.C16H26O2/c1-6-16(2,3)15(19)21-11-14(18)22-13-9-7-12(8-10-13)17(4,5)20;1-5-12(2)13-10-11-16(17(3,4)18)15-9-7-6-8-14(13)15;1-7-11(2)12-8-13(15(3,4)17)10-14(9-12)16(5,6)18/h7-10,20H,6,11H2,1-5H3;6-12,18H,5H2,1-4H3;8-11,17-18H,7H2,1-6H3. The zero-order valence-electron chi connectivity index (χ0n) is 37.9. The van der Waals surface area contributed by atoms with Crippen molar-refractivity contribution in [1.82, 2.24) is 0 Å². The van der Waals surface area contributed by atoms with Gasteiger partial charge in [-0.1, -0.05) is 101 Å². The van der Waals surface area contributed by atoms with Gasteiger partial charge >= 0.3 is 11.9 Å². The van der Waals surface area contributed by atoms with Gasteiger partial charge in [-0.25, -0.2) is 4.79 Å². The van der Waals surface area contributed by atoms with E-state index in [0.29, 0.717) is 29.6 Å². The van der Waals surface area contributed by atoms with Crippen LogP contribution >= 0.6 is 0 Å². The van der Waals surface area contributed by atoms with Crippen molar-refractivity contribution in [3.8, 4) is 5.75 Å². The number of benzene rings is 4. The maximum atomic E-state index is 11.7. The normalized spacial score (nSPS) is 13.4. The molecule has 0 amide bonds. The molecule has 0 saturated carbocycles. The summed E-state index contributed by atoms with van der Waals surface area (Å²) in [7, 11) is 0. The van der Waals surface area contributed by atoms with Crippen LogP contribution in [0.5, 0.6) is 5.75 Å². The summed E-state index contributed by atoms with van der Waals surface area (Å²) < 4.78 is 10.0. The lowest BCUT2D eigenvalue weighted by molar-refractivity contribution is -0.161. The molecule has 4 N–H and O–H groups in total. The van der Waals surface area contributed by atoms with E-state index < -0.39 is 46.4 Å². The smallest absolute Gasteiger partial charge is 0.349 e. The zero-order valence-corrected chi connectivity index (χ0v) is 37.9. The van der Waals surface area contributed by atoms with Gasteiger partial charge in [-0.05, 0) is 157 Å². The molecule has 320 valence electrons. The number of hydrogen-bond donors (Lipinski definition) is 4. The number of rotatable bonds is 13. The fourth-order valence-electron chi connectivity index (χ4n) is 5.94. The predicted octanol–water partition coefficient (Wildman–Crippen LogP) is 11.0. The van der Waals surface area contributed by atoms with E-state index in [1.165, 1.54) is 21.9 Å². The molecule has 0 bridgehead atoms. The number of aliphatic hydroxyl groups is 4. The predicted molar refractivity (Wildman–Crippen MR) is 236 cm³/mol. The molecule has 8 nitrogen and oxygen atoms in total. The summed E-state index contributed by atoms with van der Waals surface area (Å²) in [6.45, 7) is 27.9. The first-order valence-electron chi connectivity index (χ1n) is 20.6. The first-order valence-corrected chi connectivity index (χ1v) is 20.6. The van der Waals surface area contributed by atoms with E-state index in [1.54, 1.807) is 79.7 Å². The van der Waals surface area contributed by atoms with Gasteiger partial charge in [0.05, 0.1) is 27.8 Å². The third-order valence-corrected chi connectivity index (χ3v) is 10.9. The second-order valence-corrected chi connectivity index (χ2v) is 18.3. The van der Waals surface area contributed by atoms with Gasteiger partial charge in [-0.3, -0.25) is 4.79 Å². The monoisotopic (exact) mass is 801 g/mol. The number of carbonyl (C=O) groups excluding carboxylic acids is 2. The van der Waals surface area contributed by atoms with Crippen molar-refractivity contribution in [3.63, 3.8) is 0 Å². The Bertz CT molecular complexity index is 1900. The van der Waals surface area contributed by atoms with Crippen LogP contribution in [-0.2, 0) is 36.7 Å². The molecule has 0 fully saturated rings. The summed E-state index contributed by atoms with van der Waals surface area (Å²) in [6.07, 6.45) is 2.80. The first kappa shape index (κ1) is 50.1. The highest BCUT2D eigenvalue weighted by molar-refractivity contribution is 5.89. The average Bonchev–Trinajstić information content (AvgIpc) is 3.14.